The average molecular weight is 132 g/mol. The van der Waals surface area contributed by atoms with Crippen LogP contribution in [0.2, 0.25) is 0 Å². The summed E-state index contributed by atoms with van der Waals surface area (Å²) in [5.41, 5.74) is 0.299. The molecule has 0 aliphatic rings. The van der Waals surface area contributed by atoms with Crippen molar-refractivity contribution in [2.24, 2.45) is 0 Å². The zero-order chi connectivity index (χ0) is 6.57. The summed E-state index contributed by atoms with van der Waals surface area (Å²) in [4.78, 5) is 9.99. The second-order valence-corrected chi connectivity index (χ2v) is 1.66. The fourth-order valence-electron chi connectivity index (χ4n) is 0.409. The third-order valence-electron chi connectivity index (χ3n) is 0.854. The van der Waals surface area contributed by atoms with E-state index in [9.17, 15) is 4.79 Å². The lowest BCUT2D eigenvalue weighted by Crippen LogP contribution is -1.97. The van der Waals surface area contributed by atoms with E-state index in [2.05, 4.69) is 6.58 Å². The molecule has 0 heterocycles. The minimum absolute atomic E-state index is 0. The maximum atomic E-state index is 9.99. The summed E-state index contributed by atoms with van der Waals surface area (Å²) >= 11 is 0. The van der Waals surface area contributed by atoms with Gasteiger partial charge in [0.1, 0.15) is 0 Å². The highest BCUT2D eigenvalue weighted by Gasteiger charge is 1.99. The van der Waals surface area contributed by atoms with Gasteiger partial charge in [-0.1, -0.05) is 19.9 Å². The Balaban J connectivity index is 0. The Labute approximate surface area is 54.3 Å². The lowest BCUT2D eigenvalue weighted by molar-refractivity contribution is -0.132. The van der Waals surface area contributed by atoms with Gasteiger partial charge in [0.05, 0.1) is 0 Å². The van der Waals surface area contributed by atoms with Crippen molar-refractivity contribution in [1.29, 1.82) is 0 Å². The molecule has 9 heavy (non-hydrogen) atoms. The number of hydrogen-bond acceptors (Lipinski definition) is 1. The molecule has 54 valence electrons. The van der Waals surface area contributed by atoms with Crippen molar-refractivity contribution >= 4 is 5.97 Å². The summed E-state index contributed by atoms with van der Waals surface area (Å²) in [5.74, 6) is -0.883. The van der Waals surface area contributed by atoms with Crippen LogP contribution in [0.15, 0.2) is 12.2 Å². The van der Waals surface area contributed by atoms with Crippen molar-refractivity contribution in [2.45, 2.75) is 19.8 Å². The SMILES string of the molecule is C=C(CCC)C(=O)O.O. The molecule has 0 bridgehead atoms. The molecule has 0 fully saturated rings. The van der Waals surface area contributed by atoms with Crippen LogP contribution in [0.1, 0.15) is 19.8 Å². The first-order chi connectivity index (χ1) is 3.68. The van der Waals surface area contributed by atoms with Crippen molar-refractivity contribution in [3.63, 3.8) is 0 Å². The Hall–Kier alpha value is -0.830. The average Bonchev–Trinajstić information content (AvgIpc) is 1.67. The lowest BCUT2D eigenvalue weighted by atomic mass is 10.2. The number of aliphatic carboxylic acids is 1. The Morgan fingerprint density at radius 1 is 1.67 bits per heavy atom. The molecule has 0 aromatic carbocycles. The number of carboxylic acids is 1. The molecule has 0 unspecified atom stereocenters. The second kappa shape index (κ2) is 5.31. The fraction of sp³-hybridized carbons (Fsp3) is 0.500. The quantitative estimate of drug-likeness (QED) is 0.571. The first-order valence-electron chi connectivity index (χ1n) is 2.59. The van der Waals surface area contributed by atoms with Crippen LogP contribution in [0.25, 0.3) is 0 Å². The van der Waals surface area contributed by atoms with Crippen molar-refractivity contribution < 1.29 is 15.4 Å². The van der Waals surface area contributed by atoms with E-state index in [0.29, 0.717) is 12.0 Å². The van der Waals surface area contributed by atoms with Gasteiger partial charge < -0.3 is 10.6 Å². The van der Waals surface area contributed by atoms with E-state index >= 15 is 0 Å². The zero-order valence-corrected chi connectivity index (χ0v) is 5.48. The Morgan fingerprint density at radius 2 is 2.11 bits per heavy atom. The van der Waals surface area contributed by atoms with E-state index in [0.717, 1.165) is 6.42 Å². The number of carbonyl (C=O) groups is 1. The van der Waals surface area contributed by atoms with E-state index < -0.39 is 5.97 Å². The van der Waals surface area contributed by atoms with Gasteiger partial charge in [0, 0.05) is 5.57 Å². The van der Waals surface area contributed by atoms with Crippen molar-refractivity contribution in [1.82, 2.24) is 0 Å². The van der Waals surface area contributed by atoms with Crippen LogP contribution in [0, 0.1) is 0 Å². The molecule has 0 rings (SSSR count). The third-order valence-corrected chi connectivity index (χ3v) is 0.854. The highest BCUT2D eigenvalue weighted by atomic mass is 16.4. The van der Waals surface area contributed by atoms with Gasteiger partial charge >= 0.3 is 5.97 Å². The minimum Gasteiger partial charge on any atom is -0.478 e. The molecule has 0 spiro atoms. The highest BCUT2D eigenvalue weighted by molar-refractivity contribution is 5.85. The molecule has 0 saturated heterocycles. The molecule has 0 radical (unpaired) electrons. The molecule has 3 N–H and O–H groups in total. The molecular formula is C6H12O3. The van der Waals surface area contributed by atoms with Crippen molar-refractivity contribution in [3.05, 3.63) is 12.2 Å². The maximum Gasteiger partial charge on any atom is 0.330 e. The fourth-order valence-corrected chi connectivity index (χ4v) is 0.409. The molecule has 0 aromatic rings. The lowest BCUT2D eigenvalue weighted by Gasteiger charge is -1.92. The van der Waals surface area contributed by atoms with E-state index in [-0.39, 0.29) is 5.48 Å². The molecule has 0 atom stereocenters. The second-order valence-electron chi connectivity index (χ2n) is 1.66. The molecule has 0 aliphatic heterocycles. The standard InChI is InChI=1S/C6H10O2.H2O/c1-3-4-5(2)6(7)8;/h2-4H2,1H3,(H,7,8);1H2. The summed E-state index contributed by atoms with van der Waals surface area (Å²) in [6.45, 7) is 5.27. The van der Waals surface area contributed by atoms with E-state index in [1.54, 1.807) is 0 Å². The van der Waals surface area contributed by atoms with Gasteiger partial charge in [-0.25, -0.2) is 4.79 Å². The van der Waals surface area contributed by atoms with Crippen LogP contribution >= 0.6 is 0 Å². The molecule has 0 saturated carbocycles. The molecule has 0 aliphatic carbocycles. The summed E-state index contributed by atoms with van der Waals surface area (Å²) in [5, 5.41) is 8.21. The maximum absolute atomic E-state index is 9.99. The Bertz CT molecular complexity index is 107. The monoisotopic (exact) mass is 132 g/mol. The summed E-state index contributed by atoms with van der Waals surface area (Å²) in [7, 11) is 0. The van der Waals surface area contributed by atoms with Gasteiger partial charge in [0.15, 0.2) is 0 Å². The number of rotatable bonds is 3. The summed E-state index contributed by atoms with van der Waals surface area (Å²) in [6, 6.07) is 0. The minimum atomic E-state index is -0.883. The number of carboxylic acid groups (broad SMARTS) is 1. The van der Waals surface area contributed by atoms with Crippen LogP contribution in [-0.2, 0) is 4.79 Å². The van der Waals surface area contributed by atoms with Gasteiger partial charge in [0.25, 0.3) is 0 Å². The van der Waals surface area contributed by atoms with Crippen molar-refractivity contribution in [3.8, 4) is 0 Å². The zero-order valence-electron chi connectivity index (χ0n) is 5.48. The normalized spacial score (nSPS) is 7.67. The summed E-state index contributed by atoms with van der Waals surface area (Å²) in [6.07, 6.45) is 1.44. The predicted octanol–water partition coefficient (Wildman–Crippen LogP) is 0.603. The topological polar surface area (TPSA) is 68.8 Å². The van der Waals surface area contributed by atoms with Crippen LogP contribution in [0.3, 0.4) is 0 Å². The number of hydrogen-bond donors (Lipinski definition) is 1. The van der Waals surface area contributed by atoms with Crippen LogP contribution in [0.5, 0.6) is 0 Å². The van der Waals surface area contributed by atoms with E-state index in [4.69, 9.17) is 5.11 Å². The van der Waals surface area contributed by atoms with Crippen LogP contribution in [-0.4, -0.2) is 16.6 Å². The first-order valence-corrected chi connectivity index (χ1v) is 2.59. The Morgan fingerprint density at radius 3 is 2.22 bits per heavy atom. The Kier molecular flexibility index (Phi) is 6.51. The summed E-state index contributed by atoms with van der Waals surface area (Å²) < 4.78 is 0. The third kappa shape index (κ3) is 5.03. The van der Waals surface area contributed by atoms with Gasteiger partial charge in [-0.05, 0) is 6.42 Å². The van der Waals surface area contributed by atoms with Crippen molar-refractivity contribution in [2.75, 3.05) is 0 Å². The largest absolute Gasteiger partial charge is 0.478 e. The molecular weight excluding hydrogens is 120 g/mol. The van der Waals surface area contributed by atoms with Gasteiger partial charge in [-0.3, -0.25) is 0 Å². The van der Waals surface area contributed by atoms with E-state index in [1.807, 2.05) is 6.92 Å². The van der Waals surface area contributed by atoms with Crippen LogP contribution < -0.4 is 0 Å². The first kappa shape index (κ1) is 11.0. The molecule has 0 amide bonds. The van der Waals surface area contributed by atoms with Gasteiger partial charge in [-0.15, -0.1) is 0 Å². The van der Waals surface area contributed by atoms with Gasteiger partial charge in [0.2, 0.25) is 0 Å². The molecule has 3 heteroatoms. The predicted molar refractivity (Wildman–Crippen MR) is 35.3 cm³/mol. The molecule has 0 aromatic heterocycles. The van der Waals surface area contributed by atoms with Crippen LogP contribution in [0.4, 0.5) is 0 Å². The highest BCUT2D eigenvalue weighted by Crippen LogP contribution is 1.99. The van der Waals surface area contributed by atoms with E-state index in [1.165, 1.54) is 0 Å². The molecule has 3 nitrogen and oxygen atoms in total. The smallest absolute Gasteiger partial charge is 0.330 e. The van der Waals surface area contributed by atoms with Gasteiger partial charge in [-0.2, -0.15) is 0 Å².